The second-order valence-electron chi connectivity index (χ2n) is 11.3. The van der Waals surface area contributed by atoms with Gasteiger partial charge in [0.05, 0.1) is 36.2 Å². The molecule has 2 saturated heterocycles. The fourth-order valence-electron chi connectivity index (χ4n) is 4.95. The van der Waals surface area contributed by atoms with Crippen molar-refractivity contribution < 1.29 is 23.6 Å². The first-order valence-corrected chi connectivity index (χ1v) is 12.9. The number of hydrogen-bond donors (Lipinski definition) is 2. The molecular weight excluding hydrogens is 459 g/mol. The number of imidazole rings is 1. The van der Waals surface area contributed by atoms with E-state index in [0.717, 1.165) is 36.4 Å². The largest absolute Gasteiger partial charge is 0.465 e. The third kappa shape index (κ3) is 5.11. The van der Waals surface area contributed by atoms with Gasteiger partial charge in [0.2, 0.25) is 5.91 Å². The van der Waals surface area contributed by atoms with Crippen LogP contribution in [0.15, 0.2) is 24.4 Å². The van der Waals surface area contributed by atoms with Gasteiger partial charge in [-0.15, -0.1) is 0 Å². The molecule has 0 bridgehead atoms. The van der Waals surface area contributed by atoms with Crippen molar-refractivity contribution in [2.24, 2.45) is 5.92 Å². The Hall–Kier alpha value is -2.59. The molecule has 3 heterocycles. The first-order valence-electron chi connectivity index (χ1n) is 12.9. The van der Waals surface area contributed by atoms with Crippen LogP contribution < -0.4 is 5.32 Å². The fraction of sp³-hybridized carbons (Fsp3) is 0.654. The number of H-pyrrole nitrogens is 1. The van der Waals surface area contributed by atoms with E-state index in [0.29, 0.717) is 6.54 Å². The molecule has 2 fully saturated rings. The van der Waals surface area contributed by atoms with Crippen LogP contribution in [0.2, 0.25) is 5.82 Å². The van der Waals surface area contributed by atoms with Crippen molar-refractivity contribution in [3.63, 3.8) is 0 Å². The van der Waals surface area contributed by atoms with E-state index in [4.69, 9.17) is 14.0 Å². The van der Waals surface area contributed by atoms with E-state index in [1.807, 2.05) is 24.9 Å². The number of amides is 2. The van der Waals surface area contributed by atoms with E-state index in [9.17, 15) is 9.59 Å². The van der Waals surface area contributed by atoms with Crippen molar-refractivity contribution in [1.29, 1.82) is 0 Å². The molecular formula is C26H39BN4O5. The third-order valence-corrected chi connectivity index (χ3v) is 7.90. The molecule has 2 aliphatic heterocycles. The summed E-state index contributed by atoms with van der Waals surface area (Å²) < 4.78 is 17.2. The van der Waals surface area contributed by atoms with E-state index >= 15 is 0 Å². The van der Waals surface area contributed by atoms with Crippen molar-refractivity contribution in [2.75, 3.05) is 13.7 Å². The summed E-state index contributed by atoms with van der Waals surface area (Å²) in [7, 11) is 1.03. The molecule has 1 aliphatic carbocycles. The van der Waals surface area contributed by atoms with Gasteiger partial charge < -0.3 is 29.2 Å². The topological polar surface area (TPSA) is 106 Å². The molecule has 9 nitrogen and oxygen atoms in total. The van der Waals surface area contributed by atoms with Crippen LogP contribution in [0.4, 0.5) is 4.79 Å². The van der Waals surface area contributed by atoms with Gasteiger partial charge in [-0.3, -0.25) is 4.79 Å². The summed E-state index contributed by atoms with van der Waals surface area (Å²) in [5, 5.41) is 2.69. The maximum absolute atomic E-state index is 13.4. The number of hydrogen-bond acceptors (Lipinski definition) is 6. The number of likely N-dealkylation sites (tertiary alicyclic amines) is 1. The van der Waals surface area contributed by atoms with Crippen LogP contribution in [0.1, 0.15) is 78.4 Å². The van der Waals surface area contributed by atoms with E-state index in [2.05, 4.69) is 61.2 Å². The predicted molar refractivity (Wildman–Crippen MR) is 138 cm³/mol. The number of allylic oxidation sites excluding steroid dienone is 4. The molecule has 10 heteroatoms. The second kappa shape index (κ2) is 10.1. The van der Waals surface area contributed by atoms with Crippen LogP contribution in [0.5, 0.6) is 0 Å². The molecule has 1 aromatic rings. The number of aromatic nitrogens is 2. The lowest BCUT2D eigenvalue weighted by atomic mass is 9.68. The van der Waals surface area contributed by atoms with Crippen molar-refractivity contribution >= 4 is 24.7 Å². The fourth-order valence-corrected chi connectivity index (χ4v) is 4.95. The van der Waals surface area contributed by atoms with E-state index in [-0.39, 0.29) is 42.0 Å². The Kier molecular flexibility index (Phi) is 7.39. The number of nitrogens with one attached hydrogen (secondary N) is 2. The van der Waals surface area contributed by atoms with Crippen molar-refractivity contribution in [2.45, 2.75) is 89.9 Å². The highest BCUT2D eigenvalue weighted by Crippen LogP contribution is 2.42. The van der Waals surface area contributed by atoms with Crippen molar-refractivity contribution in [1.82, 2.24) is 20.2 Å². The van der Waals surface area contributed by atoms with Gasteiger partial charge >= 0.3 is 13.2 Å². The number of rotatable bonds is 6. The van der Waals surface area contributed by atoms with Gasteiger partial charge in [0.1, 0.15) is 11.9 Å². The van der Waals surface area contributed by atoms with Crippen LogP contribution >= 0.6 is 0 Å². The summed E-state index contributed by atoms with van der Waals surface area (Å²) in [6.45, 7) is 12.7. The predicted octanol–water partition coefficient (Wildman–Crippen LogP) is 4.26. The van der Waals surface area contributed by atoms with Gasteiger partial charge in [-0.1, -0.05) is 32.1 Å². The molecule has 2 amide bonds. The zero-order valence-electron chi connectivity index (χ0n) is 22.5. The van der Waals surface area contributed by atoms with Crippen LogP contribution in [0, 0.1) is 5.92 Å². The summed E-state index contributed by atoms with van der Waals surface area (Å²) in [5.74, 6) is 0.728. The molecule has 1 unspecified atom stereocenters. The van der Waals surface area contributed by atoms with Crippen LogP contribution in [-0.2, 0) is 18.8 Å². The zero-order valence-corrected chi connectivity index (χ0v) is 22.5. The first-order chi connectivity index (χ1) is 16.9. The lowest BCUT2D eigenvalue weighted by Crippen LogP contribution is -2.51. The SMILES string of the molecule is COC(=O)N[C@H](C(=O)N1CCC[C@H]1c1ncc(C2=CCC(B3OC(C)(C)C(C)(C)O3)C=C2)[nH]1)C(C)C. The summed E-state index contributed by atoms with van der Waals surface area (Å²) in [4.78, 5) is 35.0. The van der Waals surface area contributed by atoms with Crippen molar-refractivity contribution in [3.05, 3.63) is 35.9 Å². The molecule has 3 aliphatic rings. The average Bonchev–Trinajstić information content (AvgIpc) is 3.54. The van der Waals surface area contributed by atoms with Gasteiger partial charge in [-0.25, -0.2) is 9.78 Å². The molecule has 36 heavy (non-hydrogen) atoms. The third-order valence-electron chi connectivity index (χ3n) is 7.90. The normalized spacial score (nSPS) is 25.7. The van der Waals surface area contributed by atoms with E-state index < -0.39 is 12.1 Å². The summed E-state index contributed by atoms with van der Waals surface area (Å²) in [5.41, 5.74) is 1.28. The Morgan fingerprint density at radius 3 is 2.53 bits per heavy atom. The Morgan fingerprint density at radius 1 is 1.25 bits per heavy atom. The number of nitrogens with zero attached hydrogens (tertiary/aromatic N) is 2. The molecule has 196 valence electrons. The Labute approximate surface area is 214 Å². The number of carbonyl (C=O) groups is 2. The van der Waals surface area contributed by atoms with Gasteiger partial charge in [-0.2, -0.15) is 0 Å². The highest BCUT2D eigenvalue weighted by atomic mass is 16.7. The molecule has 4 rings (SSSR count). The number of carbonyl (C=O) groups excluding carboxylic acids is 2. The molecule has 0 spiro atoms. The van der Waals surface area contributed by atoms with E-state index in [1.54, 1.807) is 0 Å². The number of alkyl carbamates (subject to hydrolysis) is 1. The quantitative estimate of drug-likeness (QED) is 0.568. The first kappa shape index (κ1) is 26.5. The van der Waals surface area contributed by atoms with Gasteiger partial charge in [0, 0.05) is 12.4 Å². The van der Waals surface area contributed by atoms with Gasteiger partial charge in [-0.05, 0) is 58.4 Å². The molecule has 0 saturated carbocycles. The molecule has 0 aromatic carbocycles. The minimum absolute atomic E-state index is 0.0699. The Morgan fingerprint density at radius 2 is 1.94 bits per heavy atom. The lowest BCUT2D eigenvalue weighted by molar-refractivity contribution is -0.135. The molecule has 1 aromatic heterocycles. The minimum atomic E-state index is -0.650. The Balaban J connectivity index is 1.43. The number of ether oxygens (including phenoxy) is 1. The number of aromatic amines is 1. The van der Waals surface area contributed by atoms with Crippen molar-refractivity contribution in [3.8, 4) is 0 Å². The summed E-state index contributed by atoms with van der Waals surface area (Å²) >= 11 is 0. The average molecular weight is 498 g/mol. The van der Waals surface area contributed by atoms with E-state index in [1.165, 1.54) is 7.11 Å². The lowest BCUT2D eigenvalue weighted by Gasteiger charge is -2.32. The maximum atomic E-state index is 13.4. The minimum Gasteiger partial charge on any atom is -0.453 e. The molecule has 2 N–H and O–H groups in total. The highest BCUT2D eigenvalue weighted by Gasteiger charge is 2.53. The second-order valence-corrected chi connectivity index (χ2v) is 11.3. The Bertz CT molecular complexity index is 1030. The maximum Gasteiger partial charge on any atom is 0.465 e. The number of methoxy groups -OCH3 is 1. The van der Waals surface area contributed by atoms with Crippen LogP contribution in [0.25, 0.3) is 5.57 Å². The van der Waals surface area contributed by atoms with Crippen LogP contribution in [0.3, 0.4) is 0 Å². The van der Waals surface area contributed by atoms with Gasteiger partial charge in [0.25, 0.3) is 0 Å². The molecule has 3 atom stereocenters. The monoisotopic (exact) mass is 498 g/mol. The molecule has 0 radical (unpaired) electrons. The smallest absolute Gasteiger partial charge is 0.453 e. The summed E-state index contributed by atoms with van der Waals surface area (Å²) in [6, 6.07) is -0.805. The zero-order chi connectivity index (χ0) is 26.3. The highest BCUT2D eigenvalue weighted by molar-refractivity contribution is 6.48. The van der Waals surface area contributed by atoms with Crippen LogP contribution in [-0.4, -0.2) is 64.9 Å². The standard InChI is InChI=1S/C26H39BN4O5/c1-16(2)21(30-24(33)34-7)23(32)31-14-8-9-20(31)22-28-15-19(29-22)17-10-12-18(13-11-17)27-35-25(3,4)26(5,6)36-27/h10-12,15-16,18,20-21H,8-9,13-14H2,1-7H3,(H,28,29)(H,30,33)/t18?,20-,21-/m0/s1. The van der Waals surface area contributed by atoms with Gasteiger partial charge in [0.15, 0.2) is 0 Å². The summed E-state index contributed by atoms with van der Waals surface area (Å²) in [6.07, 6.45) is 10.1.